The van der Waals surface area contributed by atoms with Gasteiger partial charge in [0.1, 0.15) is 18.4 Å². The summed E-state index contributed by atoms with van der Waals surface area (Å²) in [5, 5.41) is 20.7. The number of benzene rings is 1. The fraction of sp³-hybridized carbons (Fsp3) is 0.641. The van der Waals surface area contributed by atoms with E-state index < -0.39 is 59.7 Å². The molecule has 0 bridgehead atoms. The molecule has 0 radical (unpaired) electrons. The minimum absolute atomic E-state index is 0.184. The number of rotatable bonds is 32. The van der Waals surface area contributed by atoms with Crippen LogP contribution in [0.25, 0.3) is 10.9 Å². The summed E-state index contributed by atoms with van der Waals surface area (Å²) in [4.78, 5) is 80.1. The van der Waals surface area contributed by atoms with Crippen LogP contribution in [0.4, 0.5) is 0 Å². The van der Waals surface area contributed by atoms with Crippen LogP contribution in [0, 0.1) is 5.92 Å². The van der Waals surface area contributed by atoms with E-state index in [1.54, 1.807) is 12.3 Å². The molecular weight excluding hydrogens is 750 g/mol. The Hall–Kier alpha value is -4.50. The Labute approximate surface area is 341 Å². The predicted molar refractivity (Wildman–Crippen MR) is 221 cm³/mol. The van der Waals surface area contributed by atoms with Crippen LogP contribution in [0.3, 0.4) is 0 Å². The van der Waals surface area contributed by atoms with Gasteiger partial charge in [0.15, 0.2) is 0 Å². The first-order chi connectivity index (χ1) is 27.9. The van der Waals surface area contributed by atoms with E-state index in [0.29, 0.717) is 83.9 Å². The lowest BCUT2D eigenvalue weighted by Gasteiger charge is -2.33. The van der Waals surface area contributed by atoms with Gasteiger partial charge in [-0.25, -0.2) is 0 Å². The molecule has 0 saturated heterocycles. The molecule has 0 fully saturated rings. The smallest absolute Gasteiger partial charge is 0.247 e. The highest BCUT2D eigenvalue weighted by Crippen LogP contribution is 2.24. The van der Waals surface area contributed by atoms with E-state index in [2.05, 4.69) is 42.2 Å². The van der Waals surface area contributed by atoms with Crippen molar-refractivity contribution in [2.45, 2.75) is 76.5 Å². The summed E-state index contributed by atoms with van der Waals surface area (Å²) in [6.45, 7) is 8.51. The van der Waals surface area contributed by atoms with E-state index in [1.807, 2.05) is 32.0 Å². The SMILES string of the molecule is CC(=O)NC(C(=O)NCC(=O)NC(CCCN)C(=O)NCC(=O)NC(CCCN)CNC(C=O)(CNCCOCCOCCN)CC(C)C)c1c[nH]c2ccccc12. The Morgan fingerprint density at radius 3 is 2.14 bits per heavy atom. The lowest BCUT2D eigenvalue weighted by atomic mass is 9.89. The van der Waals surface area contributed by atoms with Gasteiger partial charge in [0.25, 0.3) is 0 Å². The first kappa shape index (κ1) is 49.6. The molecule has 326 valence electrons. The van der Waals surface area contributed by atoms with Crippen molar-refractivity contribution in [3.63, 3.8) is 0 Å². The molecule has 58 heavy (non-hydrogen) atoms. The molecular formula is C39H67N11O8. The molecule has 2 rings (SSSR count). The number of aromatic amines is 1. The first-order valence-corrected chi connectivity index (χ1v) is 20.0. The van der Waals surface area contributed by atoms with Crippen molar-refractivity contribution in [2.24, 2.45) is 23.1 Å². The molecule has 2 aromatic rings. The molecule has 0 aliphatic rings. The van der Waals surface area contributed by atoms with Gasteiger partial charge in [-0.05, 0) is 57.2 Å². The number of nitrogens with two attached hydrogens (primary N) is 3. The Kier molecular flexibility index (Phi) is 24.0. The van der Waals surface area contributed by atoms with Crippen LogP contribution in [-0.4, -0.2) is 137 Å². The zero-order valence-electron chi connectivity index (χ0n) is 34.3. The molecule has 0 aliphatic carbocycles. The number of amides is 5. The maximum Gasteiger partial charge on any atom is 0.247 e. The number of hydrogen-bond acceptors (Lipinski definition) is 13. The van der Waals surface area contributed by atoms with E-state index in [0.717, 1.165) is 17.2 Å². The molecule has 1 aromatic carbocycles. The summed E-state index contributed by atoms with van der Waals surface area (Å²) in [7, 11) is 0. The number of carbonyl (C=O) groups excluding carboxylic acids is 6. The Balaban J connectivity index is 1.96. The van der Waals surface area contributed by atoms with Gasteiger partial charge >= 0.3 is 0 Å². The van der Waals surface area contributed by atoms with E-state index in [4.69, 9.17) is 26.7 Å². The highest BCUT2D eigenvalue weighted by molar-refractivity contribution is 5.96. The fourth-order valence-corrected chi connectivity index (χ4v) is 6.34. The van der Waals surface area contributed by atoms with Crippen LogP contribution in [0.2, 0.25) is 0 Å². The molecule has 0 spiro atoms. The van der Waals surface area contributed by atoms with Crippen LogP contribution in [-0.2, 0) is 38.2 Å². The van der Waals surface area contributed by atoms with Crippen molar-refractivity contribution >= 4 is 46.7 Å². The highest BCUT2D eigenvalue weighted by Gasteiger charge is 2.31. The summed E-state index contributed by atoms with van der Waals surface area (Å²) in [6.07, 6.45) is 4.79. The van der Waals surface area contributed by atoms with Crippen LogP contribution in [0.1, 0.15) is 64.5 Å². The number of ether oxygens (including phenoxy) is 2. The van der Waals surface area contributed by atoms with Crippen LogP contribution in [0.5, 0.6) is 0 Å². The second-order valence-electron chi connectivity index (χ2n) is 14.5. The van der Waals surface area contributed by atoms with Crippen molar-refractivity contribution in [1.82, 2.24) is 42.2 Å². The summed E-state index contributed by atoms with van der Waals surface area (Å²) in [5.41, 5.74) is 17.3. The average molecular weight is 818 g/mol. The van der Waals surface area contributed by atoms with Gasteiger partial charge in [-0.1, -0.05) is 32.0 Å². The first-order valence-electron chi connectivity index (χ1n) is 20.0. The van der Waals surface area contributed by atoms with E-state index in [9.17, 15) is 28.8 Å². The molecule has 4 unspecified atom stereocenters. The number of fused-ring (bicyclic) bond motifs is 1. The van der Waals surface area contributed by atoms with Crippen LogP contribution in [0.15, 0.2) is 30.5 Å². The fourth-order valence-electron chi connectivity index (χ4n) is 6.34. The number of nitrogens with one attached hydrogen (secondary N) is 8. The van der Waals surface area contributed by atoms with Gasteiger partial charge in [0, 0.05) is 61.8 Å². The Morgan fingerprint density at radius 2 is 1.48 bits per heavy atom. The predicted octanol–water partition coefficient (Wildman–Crippen LogP) is -1.82. The number of aromatic nitrogens is 1. The number of para-hydroxylation sites is 1. The van der Waals surface area contributed by atoms with Gasteiger partial charge < -0.3 is 73.7 Å². The van der Waals surface area contributed by atoms with E-state index >= 15 is 0 Å². The number of carbonyl (C=O) groups is 6. The normalized spacial score (nSPS) is 13.9. The molecule has 0 saturated carbocycles. The molecule has 5 amide bonds. The quantitative estimate of drug-likeness (QED) is 0.0287. The van der Waals surface area contributed by atoms with Gasteiger partial charge in [-0.15, -0.1) is 0 Å². The third-order valence-corrected chi connectivity index (χ3v) is 9.06. The average Bonchev–Trinajstić information content (AvgIpc) is 3.63. The summed E-state index contributed by atoms with van der Waals surface area (Å²) in [6, 6.07) is 4.76. The van der Waals surface area contributed by atoms with E-state index in [-0.39, 0.29) is 32.0 Å². The largest absolute Gasteiger partial charge is 0.378 e. The minimum Gasteiger partial charge on any atom is -0.378 e. The van der Waals surface area contributed by atoms with Gasteiger partial charge in [0.05, 0.1) is 45.1 Å². The molecule has 14 N–H and O–H groups in total. The maximum atomic E-state index is 13.2. The van der Waals surface area contributed by atoms with Crippen molar-refractivity contribution in [1.29, 1.82) is 0 Å². The molecule has 4 atom stereocenters. The summed E-state index contributed by atoms with van der Waals surface area (Å²) < 4.78 is 10.9. The van der Waals surface area contributed by atoms with Crippen molar-refractivity contribution in [3.8, 4) is 0 Å². The van der Waals surface area contributed by atoms with Gasteiger partial charge in [-0.2, -0.15) is 0 Å². The summed E-state index contributed by atoms with van der Waals surface area (Å²) in [5.74, 6) is -2.60. The molecule has 0 aliphatic heterocycles. The second kappa shape index (κ2) is 28.0. The van der Waals surface area contributed by atoms with Gasteiger partial charge in [0.2, 0.25) is 29.5 Å². The highest BCUT2D eigenvalue weighted by atomic mass is 16.5. The molecule has 19 heteroatoms. The van der Waals surface area contributed by atoms with Crippen LogP contribution >= 0.6 is 0 Å². The zero-order valence-corrected chi connectivity index (χ0v) is 34.3. The zero-order chi connectivity index (χ0) is 42.8. The molecule has 19 nitrogen and oxygen atoms in total. The lowest BCUT2D eigenvalue weighted by molar-refractivity contribution is -0.132. The van der Waals surface area contributed by atoms with Crippen LogP contribution < -0.4 is 54.4 Å². The van der Waals surface area contributed by atoms with E-state index in [1.165, 1.54) is 6.92 Å². The number of aldehydes is 1. The Morgan fingerprint density at radius 1 is 0.828 bits per heavy atom. The van der Waals surface area contributed by atoms with Crippen molar-refractivity contribution < 1.29 is 38.2 Å². The number of H-pyrrole nitrogens is 1. The monoisotopic (exact) mass is 818 g/mol. The van der Waals surface area contributed by atoms with Crippen molar-refractivity contribution in [3.05, 3.63) is 36.0 Å². The molecule has 1 aromatic heterocycles. The number of hydrogen-bond donors (Lipinski definition) is 11. The van der Waals surface area contributed by atoms with Gasteiger partial charge in [-0.3, -0.25) is 24.0 Å². The standard InChI is InChI=1S/C39H67N11O8/c1-27(2)20-39(26-51,25-43-15-17-58-19-18-57-16-14-42)47-21-29(8-6-12-40)49-34(53)23-45-37(55)33(11-7-13-41)50-35(54)24-46-38(56)36(48-28(3)52)31-22-44-32-10-5-4-9-30(31)32/h4-5,9-10,22,26-27,29,33,36,43-44,47H,6-8,11-21,23-25,40-42H2,1-3H3,(H,45,55)(H,46,56)(H,48,52)(H,49,53)(H,50,54). The summed E-state index contributed by atoms with van der Waals surface area (Å²) >= 11 is 0. The topological polar surface area (TPSA) is 299 Å². The Bertz CT molecular complexity index is 1560. The lowest BCUT2D eigenvalue weighted by Crippen LogP contribution is -2.59. The maximum absolute atomic E-state index is 13.2. The minimum atomic E-state index is -1.08. The second-order valence-corrected chi connectivity index (χ2v) is 14.5. The third-order valence-electron chi connectivity index (χ3n) is 9.06. The van der Waals surface area contributed by atoms with Crippen molar-refractivity contribution in [2.75, 3.05) is 78.8 Å². The third kappa shape index (κ3) is 18.8. The molecule has 1 heterocycles.